The standard InChI is InChI=1S/C26H24Cl2N2O7S/c1-36-25(32)18-12-19(26(33)37-2)14-21(13-18)29-24(31)16-30(11-10-17-6-4-3-5-7-17)38(34,35)23-15-20(27)8-9-22(23)28/h3-9,12-15H,10-11,16H2,1-2H3,(H,29,31). The summed E-state index contributed by atoms with van der Waals surface area (Å²) in [6, 6.07) is 17.0. The predicted octanol–water partition coefficient (Wildman–Crippen LogP) is 4.44. The molecular formula is C26H24Cl2N2O7S. The van der Waals surface area contributed by atoms with Crippen LogP contribution < -0.4 is 5.32 Å². The average molecular weight is 579 g/mol. The number of ether oxygens (including phenoxy) is 2. The van der Waals surface area contributed by atoms with E-state index < -0.39 is 34.4 Å². The first-order chi connectivity index (χ1) is 18.0. The van der Waals surface area contributed by atoms with Gasteiger partial charge in [-0.2, -0.15) is 4.31 Å². The van der Waals surface area contributed by atoms with Crippen LogP contribution in [0.25, 0.3) is 0 Å². The molecular weight excluding hydrogens is 555 g/mol. The molecule has 3 aromatic carbocycles. The molecule has 1 N–H and O–H groups in total. The van der Waals surface area contributed by atoms with Crippen molar-refractivity contribution in [3.05, 3.63) is 93.5 Å². The quantitative estimate of drug-likeness (QED) is 0.353. The zero-order valence-corrected chi connectivity index (χ0v) is 22.8. The highest BCUT2D eigenvalue weighted by Gasteiger charge is 2.29. The van der Waals surface area contributed by atoms with Crippen molar-refractivity contribution < 1.29 is 32.3 Å². The summed E-state index contributed by atoms with van der Waals surface area (Å²) in [4.78, 5) is 36.9. The Balaban J connectivity index is 1.92. The van der Waals surface area contributed by atoms with Gasteiger partial charge in [-0.15, -0.1) is 0 Å². The second kappa shape index (κ2) is 12.9. The number of nitrogens with zero attached hydrogens (tertiary/aromatic N) is 1. The fourth-order valence-electron chi connectivity index (χ4n) is 3.53. The summed E-state index contributed by atoms with van der Waals surface area (Å²) in [5.41, 5.74) is 0.910. The minimum atomic E-state index is -4.25. The second-order valence-electron chi connectivity index (χ2n) is 7.98. The van der Waals surface area contributed by atoms with Crippen molar-refractivity contribution in [2.24, 2.45) is 0 Å². The Morgan fingerprint density at radius 1 is 0.868 bits per heavy atom. The van der Waals surface area contributed by atoms with Gasteiger partial charge in [-0.3, -0.25) is 4.79 Å². The molecule has 3 rings (SSSR count). The number of halogens is 2. The maximum absolute atomic E-state index is 13.6. The molecule has 0 heterocycles. The molecule has 0 unspecified atom stereocenters. The van der Waals surface area contributed by atoms with Crippen LogP contribution in [0.5, 0.6) is 0 Å². The van der Waals surface area contributed by atoms with E-state index in [0.29, 0.717) is 6.42 Å². The van der Waals surface area contributed by atoms with E-state index >= 15 is 0 Å². The zero-order valence-electron chi connectivity index (χ0n) is 20.4. The third kappa shape index (κ3) is 7.32. The van der Waals surface area contributed by atoms with Crippen molar-refractivity contribution in [3.63, 3.8) is 0 Å². The largest absolute Gasteiger partial charge is 0.465 e. The predicted molar refractivity (Wildman–Crippen MR) is 143 cm³/mol. The number of esters is 2. The van der Waals surface area contributed by atoms with Gasteiger partial charge < -0.3 is 14.8 Å². The molecule has 3 aromatic rings. The van der Waals surface area contributed by atoms with Crippen LogP contribution in [-0.4, -0.2) is 57.9 Å². The minimum absolute atomic E-state index is 0.00929. The van der Waals surface area contributed by atoms with Gasteiger partial charge in [0.05, 0.1) is 36.9 Å². The van der Waals surface area contributed by atoms with Crippen molar-refractivity contribution in [1.82, 2.24) is 4.31 Å². The molecule has 0 aliphatic rings. The summed E-state index contributed by atoms with van der Waals surface area (Å²) >= 11 is 12.2. The lowest BCUT2D eigenvalue weighted by Crippen LogP contribution is -2.39. The van der Waals surface area contributed by atoms with Gasteiger partial charge >= 0.3 is 11.9 Å². The maximum Gasteiger partial charge on any atom is 0.337 e. The summed E-state index contributed by atoms with van der Waals surface area (Å²) < 4.78 is 37.5. The lowest BCUT2D eigenvalue weighted by atomic mass is 10.1. The lowest BCUT2D eigenvalue weighted by molar-refractivity contribution is -0.116. The Hall–Kier alpha value is -3.44. The third-order valence-electron chi connectivity index (χ3n) is 5.38. The summed E-state index contributed by atoms with van der Waals surface area (Å²) in [6.45, 7) is -0.633. The molecule has 1 amide bonds. The van der Waals surface area contributed by atoms with Crippen LogP contribution in [-0.2, 0) is 30.7 Å². The van der Waals surface area contributed by atoms with Crippen LogP contribution in [0.2, 0.25) is 10.0 Å². The summed E-state index contributed by atoms with van der Waals surface area (Å²) in [5, 5.41) is 2.65. The Kier molecular flexibility index (Phi) is 9.87. The summed E-state index contributed by atoms with van der Waals surface area (Å²) in [6.07, 6.45) is 0.315. The van der Waals surface area contributed by atoms with Crippen LogP contribution in [0.1, 0.15) is 26.3 Å². The zero-order chi connectivity index (χ0) is 27.9. The molecule has 200 valence electrons. The number of carbonyl (C=O) groups excluding carboxylic acids is 3. The van der Waals surface area contributed by atoms with E-state index in [1.165, 1.54) is 50.6 Å². The number of hydrogen-bond donors (Lipinski definition) is 1. The normalized spacial score (nSPS) is 11.2. The number of carbonyl (C=O) groups is 3. The van der Waals surface area contributed by atoms with E-state index in [4.69, 9.17) is 32.7 Å². The Morgan fingerprint density at radius 3 is 2.05 bits per heavy atom. The fourth-order valence-corrected chi connectivity index (χ4v) is 5.66. The molecule has 0 aliphatic carbocycles. The van der Waals surface area contributed by atoms with Crippen molar-refractivity contribution >= 4 is 56.8 Å². The smallest absolute Gasteiger partial charge is 0.337 e. The summed E-state index contributed by atoms with van der Waals surface area (Å²) in [7, 11) is -1.92. The van der Waals surface area contributed by atoms with Gasteiger partial charge in [0, 0.05) is 17.3 Å². The molecule has 38 heavy (non-hydrogen) atoms. The molecule has 0 spiro atoms. The highest BCUT2D eigenvalue weighted by Crippen LogP contribution is 2.28. The first-order valence-corrected chi connectivity index (χ1v) is 13.4. The number of benzene rings is 3. The lowest BCUT2D eigenvalue weighted by Gasteiger charge is -2.23. The molecule has 12 heteroatoms. The second-order valence-corrected chi connectivity index (χ2v) is 10.7. The van der Waals surface area contributed by atoms with Gasteiger partial charge in [-0.05, 0) is 48.4 Å². The van der Waals surface area contributed by atoms with Gasteiger partial charge in [0.25, 0.3) is 0 Å². The minimum Gasteiger partial charge on any atom is -0.465 e. The van der Waals surface area contributed by atoms with E-state index in [1.54, 1.807) is 0 Å². The van der Waals surface area contributed by atoms with Crippen LogP contribution in [0.4, 0.5) is 5.69 Å². The number of nitrogens with one attached hydrogen (secondary N) is 1. The highest BCUT2D eigenvalue weighted by atomic mass is 35.5. The van der Waals surface area contributed by atoms with Gasteiger partial charge in [-0.25, -0.2) is 18.0 Å². The molecule has 0 aromatic heterocycles. The molecule has 0 saturated heterocycles. The molecule has 0 atom stereocenters. The topological polar surface area (TPSA) is 119 Å². The number of hydrogen-bond acceptors (Lipinski definition) is 7. The van der Waals surface area contributed by atoms with E-state index in [2.05, 4.69) is 5.32 Å². The number of rotatable bonds is 10. The molecule has 0 fully saturated rings. The van der Waals surface area contributed by atoms with Gasteiger partial charge in [0.2, 0.25) is 15.9 Å². The van der Waals surface area contributed by atoms with Crippen molar-refractivity contribution in [1.29, 1.82) is 0 Å². The Labute approximate surface area is 230 Å². The Morgan fingerprint density at radius 2 is 1.47 bits per heavy atom. The monoisotopic (exact) mass is 578 g/mol. The third-order valence-corrected chi connectivity index (χ3v) is 7.94. The van der Waals surface area contributed by atoms with E-state index in [-0.39, 0.29) is 38.3 Å². The first kappa shape index (κ1) is 29.1. The SMILES string of the molecule is COC(=O)c1cc(NC(=O)CN(CCc2ccccc2)S(=O)(=O)c2cc(Cl)ccc2Cl)cc(C(=O)OC)c1. The maximum atomic E-state index is 13.6. The van der Waals surface area contributed by atoms with Gasteiger partial charge in [0.15, 0.2) is 0 Å². The highest BCUT2D eigenvalue weighted by molar-refractivity contribution is 7.89. The van der Waals surface area contributed by atoms with Gasteiger partial charge in [-0.1, -0.05) is 53.5 Å². The average Bonchev–Trinajstić information content (AvgIpc) is 2.91. The number of sulfonamides is 1. The molecule has 9 nitrogen and oxygen atoms in total. The van der Waals surface area contributed by atoms with Crippen LogP contribution in [0.15, 0.2) is 71.6 Å². The van der Waals surface area contributed by atoms with Gasteiger partial charge in [0.1, 0.15) is 4.90 Å². The van der Waals surface area contributed by atoms with Crippen LogP contribution in [0, 0.1) is 0 Å². The van der Waals surface area contributed by atoms with Crippen molar-refractivity contribution in [2.45, 2.75) is 11.3 Å². The first-order valence-electron chi connectivity index (χ1n) is 11.2. The number of amides is 1. The van der Waals surface area contributed by atoms with E-state index in [1.807, 2.05) is 30.3 Å². The summed E-state index contributed by atoms with van der Waals surface area (Å²) in [5.74, 6) is -2.21. The van der Waals surface area contributed by atoms with Crippen molar-refractivity contribution in [2.75, 3.05) is 32.6 Å². The van der Waals surface area contributed by atoms with E-state index in [9.17, 15) is 22.8 Å². The van der Waals surface area contributed by atoms with Crippen molar-refractivity contribution in [3.8, 4) is 0 Å². The number of methoxy groups -OCH3 is 2. The molecule has 0 bridgehead atoms. The molecule has 0 saturated carbocycles. The number of anilines is 1. The fraction of sp³-hybridized carbons (Fsp3) is 0.192. The molecule has 0 radical (unpaired) electrons. The van der Waals surface area contributed by atoms with Crippen LogP contribution >= 0.6 is 23.2 Å². The van der Waals surface area contributed by atoms with E-state index in [0.717, 1.165) is 9.87 Å². The van der Waals surface area contributed by atoms with Crippen LogP contribution in [0.3, 0.4) is 0 Å². The molecule has 0 aliphatic heterocycles. The Bertz CT molecular complexity index is 1410.